The third-order valence-corrected chi connectivity index (χ3v) is 7.15. The van der Waals surface area contributed by atoms with Gasteiger partial charge in [-0.05, 0) is 42.7 Å². The molecule has 3 N–H and O–H groups in total. The predicted octanol–water partition coefficient (Wildman–Crippen LogP) is 6.03. The minimum atomic E-state index is -0.0143. The van der Waals surface area contributed by atoms with Crippen LogP contribution in [0.2, 0.25) is 10.0 Å². The molecule has 2 nitrogen and oxygen atoms in total. The van der Waals surface area contributed by atoms with E-state index in [1.165, 1.54) is 27.7 Å². The second-order valence-corrected chi connectivity index (χ2v) is 9.36. The van der Waals surface area contributed by atoms with Gasteiger partial charge < -0.3 is 10.3 Å². The van der Waals surface area contributed by atoms with Gasteiger partial charge in [-0.15, -0.1) is 0 Å². The minimum Gasteiger partial charge on any atom is -0.353 e. The van der Waals surface area contributed by atoms with Gasteiger partial charge in [0.1, 0.15) is 5.54 Å². The van der Waals surface area contributed by atoms with Crippen LogP contribution in [-0.4, -0.2) is 11.5 Å². The van der Waals surface area contributed by atoms with Gasteiger partial charge in [0.15, 0.2) is 0 Å². The molecule has 0 saturated heterocycles. The van der Waals surface area contributed by atoms with Gasteiger partial charge in [0.25, 0.3) is 0 Å². The minimum absolute atomic E-state index is 0.0143. The lowest BCUT2D eigenvalue weighted by Gasteiger charge is -2.36. The Morgan fingerprint density at radius 3 is 2.57 bits per heavy atom. The van der Waals surface area contributed by atoms with Crippen LogP contribution in [0.25, 0.3) is 10.9 Å². The number of para-hydroxylation sites is 1. The van der Waals surface area contributed by atoms with E-state index < -0.39 is 0 Å². The van der Waals surface area contributed by atoms with E-state index in [4.69, 9.17) is 23.2 Å². The Labute approximate surface area is 187 Å². The lowest BCUT2D eigenvalue weighted by atomic mass is 9.77. The number of hydrogen-bond donors (Lipinski definition) is 2. The first-order valence-corrected chi connectivity index (χ1v) is 11.2. The van der Waals surface area contributed by atoms with Crippen molar-refractivity contribution in [3.05, 3.63) is 105 Å². The average Bonchev–Trinajstić information content (AvgIpc) is 3.15. The molecule has 5 rings (SSSR count). The highest BCUT2D eigenvalue weighted by molar-refractivity contribution is 6.35. The lowest BCUT2D eigenvalue weighted by molar-refractivity contribution is -0.739. The van der Waals surface area contributed by atoms with E-state index in [9.17, 15) is 0 Å². The fraction of sp³-hybridized carbons (Fsp3) is 0.231. The summed E-state index contributed by atoms with van der Waals surface area (Å²) in [5, 5.41) is 5.20. The van der Waals surface area contributed by atoms with E-state index in [2.05, 4.69) is 77.9 Å². The quantitative estimate of drug-likeness (QED) is 0.392. The van der Waals surface area contributed by atoms with Crippen LogP contribution in [0.3, 0.4) is 0 Å². The summed E-state index contributed by atoms with van der Waals surface area (Å²) in [5.74, 6) is 0.228. The van der Waals surface area contributed by atoms with Crippen molar-refractivity contribution >= 4 is 34.1 Å². The van der Waals surface area contributed by atoms with Gasteiger partial charge in [-0.3, -0.25) is 0 Å². The Balaban J connectivity index is 1.60. The normalized spacial score (nSPS) is 21.0. The zero-order chi connectivity index (χ0) is 20.7. The Bertz CT molecular complexity index is 1200. The number of benzene rings is 3. The molecule has 1 aromatic heterocycles. The summed E-state index contributed by atoms with van der Waals surface area (Å²) in [4.78, 5) is 3.77. The van der Waals surface area contributed by atoms with Crippen molar-refractivity contribution in [1.29, 1.82) is 0 Å². The van der Waals surface area contributed by atoms with Crippen molar-refractivity contribution in [3.63, 3.8) is 0 Å². The van der Waals surface area contributed by atoms with E-state index in [-0.39, 0.29) is 11.5 Å². The van der Waals surface area contributed by atoms with Crippen molar-refractivity contribution in [3.8, 4) is 0 Å². The lowest BCUT2D eigenvalue weighted by Crippen LogP contribution is -2.96. The van der Waals surface area contributed by atoms with Gasteiger partial charge in [0.2, 0.25) is 0 Å². The van der Waals surface area contributed by atoms with Crippen LogP contribution in [0, 0.1) is 0 Å². The molecule has 1 aliphatic heterocycles. The summed E-state index contributed by atoms with van der Waals surface area (Å²) < 4.78 is 0. The van der Waals surface area contributed by atoms with E-state index in [0.717, 1.165) is 30.0 Å². The fourth-order valence-electron chi connectivity index (χ4n) is 4.92. The Morgan fingerprint density at radius 1 is 1.00 bits per heavy atom. The third kappa shape index (κ3) is 3.43. The Hall–Kier alpha value is -2.26. The second-order valence-electron chi connectivity index (χ2n) is 8.52. The summed E-state index contributed by atoms with van der Waals surface area (Å²) in [5.41, 5.74) is 6.41. The van der Waals surface area contributed by atoms with Crippen LogP contribution < -0.4 is 5.32 Å². The van der Waals surface area contributed by atoms with Gasteiger partial charge in [-0.25, -0.2) is 0 Å². The molecule has 0 radical (unpaired) electrons. The summed E-state index contributed by atoms with van der Waals surface area (Å²) in [6, 6.07) is 25.3. The molecular weight excluding hydrogens is 411 g/mol. The zero-order valence-electron chi connectivity index (χ0n) is 17.0. The average molecular weight is 436 g/mol. The van der Waals surface area contributed by atoms with Gasteiger partial charge in [-0.2, -0.15) is 0 Å². The van der Waals surface area contributed by atoms with E-state index in [1.54, 1.807) is 0 Å². The van der Waals surface area contributed by atoms with Crippen LogP contribution in [0.5, 0.6) is 0 Å². The maximum absolute atomic E-state index is 6.65. The van der Waals surface area contributed by atoms with E-state index in [0.29, 0.717) is 5.02 Å². The number of hydrogen-bond acceptors (Lipinski definition) is 0. The molecule has 0 bridgehead atoms. The monoisotopic (exact) mass is 435 g/mol. The number of nitrogens with one attached hydrogen (secondary N) is 1. The first-order valence-electron chi connectivity index (χ1n) is 10.5. The van der Waals surface area contributed by atoms with Crippen LogP contribution >= 0.6 is 23.2 Å². The Kier molecular flexibility index (Phi) is 5.10. The number of quaternary nitrogens is 1. The Morgan fingerprint density at radius 2 is 1.77 bits per heavy atom. The molecule has 1 aliphatic rings. The summed E-state index contributed by atoms with van der Waals surface area (Å²) in [7, 11) is 0. The zero-order valence-corrected chi connectivity index (χ0v) is 18.5. The van der Waals surface area contributed by atoms with Gasteiger partial charge in [-0.1, -0.05) is 77.8 Å². The first-order chi connectivity index (χ1) is 14.5. The molecule has 152 valence electrons. The maximum Gasteiger partial charge on any atom is 0.134 e. The molecule has 0 spiro atoms. The molecule has 0 unspecified atom stereocenters. The second kappa shape index (κ2) is 7.77. The van der Waals surface area contributed by atoms with Crippen molar-refractivity contribution in [2.24, 2.45) is 0 Å². The third-order valence-electron chi connectivity index (χ3n) is 6.58. The van der Waals surface area contributed by atoms with Gasteiger partial charge in [0, 0.05) is 32.9 Å². The van der Waals surface area contributed by atoms with Crippen molar-refractivity contribution in [2.75, 3.05) is 6.54 Å². The molecule has 2 atom stereocenters. The highest BCUT2D eigenvalue weighted by atomic mass is 35.5. The molecule has 3 aromatic carbocycles. The number of nitrogens with two attached hydrogens (primary N) is 1. The number of fused-ring (bicyclic) bond motifs is 3. The smallest absolute Gasteiger partial charge is 0.134 e. The number of halogens is 2. The molecule has 0 aliphatic carbocycles. The van der Waals surface area contributed by atoms with Gasteiger partial charge >= 0.3 is 0 Å². The molecule has 0 fully saturated rings. The summed E-state index contributed by atoms with van der Waals surface area (Å²) in [6.45, 7) is 3.32. The highest BCUT2D eigenvalue weighted by Crippen LogP contribution is 2.42. The molecule has 4 aromatic rings. The van der Waals surface area contributed by atoms with Crippen LogP contribution in [0.1, 0.15) is 41.6 Å². The number of rotatable bonds is 4. The standard InChI is InChI=1S/C26H24Cl2N2/c1-26(14-13-17-7-3-2-4-8-17)25-24(20-9-5-6-10-23(20)30-25)21(16-29-26)19-12-11-18(27)15-22(19)28/h2-12,15,21,29-30H,13-14,16H2,1H3/p+1/t21-,26+/m0/s1. The topological polar surface area (TPSA) is 32.4 Å². The fourth-order valence-corrected chi connectivity index (χ4v) is 5.46. The molecule has 2 heterocycles. The van der Waals surface area contributed by atoms with Crippen LogP contribution in [-0.2, 0) is 12.0 Å². The van der Waals surface area contributed by atoms with Crippen LogP contribution in [0.4, 0.5) is 0 Å². The molecular formula is C26H25Cl2N2+. The molecule has 0 saturated carbocycles. The number of aromatic nitrogens is 1. The van der Waals surface area contributed by atoms with Gasteiger partial charge in [0.05, 0.1) is 18.2 Å². The molecule has 0 amide bonds. The highest BCUT2D eigenvalue weighted by Gasteiger charge is 2.42. The van der Waals surface area contributed by atoms with E-state index >= 15 is 0 Å². The van der Waals surface area contributed by atoms with E-state index in [1.807, 2.05) is 12.1 Å². The SMILES string of the molecule is C[C@]1(CCc2ccccc2)[NH2+]C[C@@H](c2ccc(Cl)cc2Cl)c2c1[nH]c1ccccc21. The predicted molar refractivity (Wildman–Crippen MR) is 126 cm³/mol. The van der Waals surface area contributed by atoms with Crippen LogP contribution in [0.15, 0.2) is 72.8 Å². The summed E-state index contributed by atoms with van der Waals surface area (Å²) in [6.07, 6.45) is 2.12. The number of aromatic amines is 1. The summed E-state index contributed by atoms with van der Waals surface area (Å²) >= 11 is 12.8. The number of H-pyrrole nitrogens is 1. The van der Waals surface area contributed by atoms with Crippen molar-refractivity contribution in [2.45, 2.75) is 31.2 Å². The first kappa shape index (κ1) is 19.7. The van der Waals surface area contributed by atoms with Crippen molar-refractivity contribution in [1.82, 2.24) is 4.98 Å². The maximum atomic E-state index is 6.65. The molecule has 30 heavy (non-hydrogen) atoms. The number of aryl methyl sites for hydroxylation is 1. The molecule has 4 heteroatoms. The largest absolute Gasteiger partial charge is 0.353 e. The van der Waals surface area contributed by atoms with Crippen molar-refractivity contribution < 1.29 is 5.32 Å².